The van der Waals surface area contributed by atoms with E-state index in [1.54, 1.807) is 32.2 Å². The largest absolute Gasteiger partial charge is 0.493 e. The first kappa shape index (κ1) is 19.3. The van der Waals surface area contributed by atoms with Crippen LogP contribution in [0.4, 0.5) is 10.5 Å². The lowest BCUT2D eigenvalue weighted by Gasteiger charge is -2.29. The molecule has 1 heterocycles. The third-order valence-electron chi connectivity index (χ3n) is 4.56. The second kappa shape index (κ2) is 8.04. The van der Waals surface area contributed by atoms with E-state index in [0.29, 0.717) is 34.0 Å². The molecule has 1 aliphatic rings. The first-order chi connectivity index (χ1) is 13.4. The van der Waals surface area contributed by atoms with Gasteiger partial charge < -0.3 is 25.4 Å². The smallest absolute Gasteiger partial charge is 0.319 e. The first-order valence-corrected chi connectivity index (χ1v) is 8.81. The van der Waals surface area contributed by atoms with Crippen molar-refractivity contribution in [2.45, 2.75) is 19.9 Å². The molecule has 28 heavy (non-hydrogen) atoms. The number of hydrogen-bond acceptors (Lipinski definition) is 4. The molecule has 0 saturated carbocycles. The van der Waals surface area contributed by atoms with Gasteiger partial charge in [-0.05, 0) is 43.7 Å². The molecule has 0 aliphatic carbocycles. The molecule has 0 fully saturated rings. The zero-order chi connectivity index (χ0) is 20.3. The number of carbonyl (C=O) groups is 2. The number of urea groups is 1. The highest BCUT2D eigenvalue weighted by molar-refractivity contribution is 6.06. The standard InChI is InChI=1S/C21H23N3O4/c1-12-5-8-15(9-6-12)23-20(25)18-13(2)22-21(26)24-19(18)14-7-10-16(27-3)17(11-14)28-4/h5-11,19H,1-4H3,(H,23,25)(H2,22,24,26)/t19-/m1/s1. The van der Waals surface area contributed by atoms with Gasteiger partial charge >= 0.3 is 6.03 Å². The molecule has 2 aromatic carbocycles. The van der Waals surface area contributed by atoms with Crippen molar-refractivity contribution in [1.82, 2.24) is 10.6 Å². The molecule has 3 amide bonds. The number of anilines is 1. The van der Waals surface area contributed by atoms with E-state index < -0.39 is 6.04 Å². The summed E-state index contributed by atoms with van der Waals surface area (Å²) in [6, 6.07) is 11.8. The Labute approximate surface area is 163 Å². The number of benzene rings is 2. The number of aryl methyl sites for hydroxylation is 1. The summed E-state index contributed by atoms with van der Waals surface area (Å²) in [7, 11) is 3.09. The van der Waals surface area contributed by atoms with Gasteiger partial charge in [0.15, 0.2) is 11.5 Å². The molecule has 0 bridgehead atoms. The molecule has 0 saturated heterocycles. The minimum Gasteiger partial charge on any atom is -0.493 e. The number of methoxy groups -OCH3 is 2. The monoisotopic (exact) mass is 381 g/mol. The van der Waals surface area contributed by atoms with Gasteiger partial charge in [0.2, 0.25) is 0 Å². The molecule has 3 rings (SSSR count). The van der Waals surface area contributed by atoms with E-state index in [-0.39, 0.29) is 11.9 Å². The van der Waals surface area contributed by atoms with Crippen molar-refractivity contribution in [2.24, 2.45) is 0 Å². The summed E-state index contributed by atoms with van der Waals surface area (Å²) in [5.41, 5.74) is 3.41. The van der Waals surface area contributed by atoms with Gasteiger partial charge in [-0.2, -0.15) is 0 Å². The molecule has 0 radical (unpaired) electrons. The van der Waals surface area contributed by atoms with Gasteiger partial charge in [0.25, 0.3) is 5.91 Å². The zero-order valence-electron chi connectivity index (χ0n) is 16.3. The third-order valence-corrected chi connectivity index (χ3v) is 4.56. The molecule has 0 spiro atoms. The average molecular weight is 381 g/mol. The number of ether oxygens (including phenoxy) is 2. The number of carbonyl (C=O) groups excluding carboxylic acids is 2. The van der Waals surface area contributed by atoms with Crippen LogP contribution >= 0.6 is 0 Å². The highest BCUT2D eigenvalue weighted by atomic mass is 16.5. The quantitative estimate of drug-likeness (QED) is 0.742. The third kappa shape index (κ3) is 3.93. The summed E-state index contributed by atoms with van der Waals surface area (Å²) in [4.78, 5) is 25.1. The first-order valence-electron chi connectivity index (χ1n) is 8.81. The Balaban J connectivity index is 1.96. The van der Waals surface area contributed by atoms with Gasteiger partial charge in [-0.3, -0.25) is 4.79 Å². The maximum absolute atomic E-state index is 13.0. The molecular formula is C21H23N3O4. The lowest BCUT2D eigenvalue weighted by atomic mass is 9.94. The van der Waals surface area contributed by atoms with Crippen molar-refractivity contribution in [1.29, 1.82) is 0 Å². The number of allylic oxidation sites excluding steroid dienone is 1. The van der Waals surface area contributed by atoms with Crippen LogP contribution in [0.5, 0.6) is 11.5 Å². The van der Waals surface area contributed by atoms with E-state index in [1.807, 2.05) is 31.2 Å². The highest BCUT2D eigenvalue weighted by Gasteiger charge is 2.31. The van der Waals surface area contributed by atoms with Crippen LogP contribution in [0.2, 0.25) is 0 Å². The molecule has 3 N–H and O–H groups in total. The molecule has 7 heteroatoms. The summed E-state index contributed by atoms with van der Waals surface area (Å²) in [5.74, 6) is 0.787. The van der Waals surface area contributed by atoms with E-state index in [4.69, 9.17) is 9.47 Å². The van der Waals surface area contributed by atoms with Crippen molar-refractivity contribution < 1.29 is 19.1 Å². The fourth-order valence-electron chi connectivity index (χ4n) is 3.11. The van der Waals surface area contributed by atoms with Crippen molar-refractivity contribution in [2.75, 3.05) is 19.5 Å². The van der Waals surface area contributed by atoms with E-state index in [1.165, 1.54) is 7.11 Å². The van der Waals surface area contributed by atoms with Gasteiger partial charge in [0.05, 0.1) is 25.8 Å². The minimum atomic E-state index is -0.626. The minimum absolute atomic E-state index is 0.298. The van der Waals surface area contributed by atoms with E-state index >= 15 is 0 Å². The molecule has 0 unspecified atom stereocenters. The van der Waals surface area contributed by atoms with Gasteiger partial charge in [0.1, 0.15) is 0 Å². The average Bonchev–Trinajstić information content (AvgIpc) is 2.68. The van der Waals surface area contributed by atoms with Gasteiger partial charge in [-0.15, -0.1) is 0 Å². The maximum atomic E-state index is 13.0. The predicted octanol–water partition coefficient (Wildman–Crippen LogP) is 3.28. The summed E-state index contributed by atoms with van der Waals surface area (Å²) in [6.45, 7) is 3.68. The highest BCUT2D eigenvalue weighted by Crippen LogP contribution is 2.34. The number of nitrogens with one attached hydrogen (secondary N) is 3. The Bertz CT molecular complexity index is 935. The molecule has 2 aromatic rings. The maximum Gasteiger partial charge on any atom is 0.319 e. The van der Waals surface area contributed by atoms with Crippen LogP contribution in [0.1, 0.15) is 24.1 Å². The van der Waals surface area contributed by atoms with Crippen LogP contribution in [-0.2, 0) is 4.79 Å². The normalized spacial score (nSPS) is 16.1. The molecule has 146 valence electrons. The topological polar surface area (TPSA) is 88.7 Å². The summed E-state index contributed by atoms with van der Waals surface area (Å²) >= 11 is 0. The second-order valence-electron chi connectivity index (χ2n) is 6.50. The van der Waals surface area contributed by atoms with Crippen LogP contribution in [0.15, 0.2) is 53.7 Å². The van der Waals surface area contributed by atoms with E-state index in [2.05, 4.69) is 16.0 Å². The summed E-state index contributed by atoms with van der Waals surface area (Å²) < 4.78 is 10.6. The predicted molar refractivity (Wildman–Crippen MR) is 106 cm³/mol. The van der Waals surface area contributed by atoms with Crippen molar-refractivity contribution in [3.05, 3.63) is 64.9 Å². The van der Waals surface area contributed by atoms with Gasteiger partial charge in [-0.25, -0.2) is 4.79 Å². The lowest BCUT2D eigenvalue weighted by molar-refractivity contribution is -0.113. The van der Waals surface area contributed by atoms with Crippen molar-refractivity contribution >= 4 is 17.6 Å². The Morgan fingerprint density at radius 2 is 1.68 bits per heavy atom. The van der Waals surface area contributed by atoms with E-state index in [9.17, 15) is 9.59 Å². The number of rotatable bonds is 5. The Morgan fingerprint density at radius 1 is 1.00 bits per heavy atom. The molecule has 1 atom stereocenters. The molecule has 7 nitrogen and oxygen atoms in total. The van der Waals surface area contributed by atoms with Gasteiger partial charge in [-0.1, -0.05) is 23.8 Å². The van der Waals surface area contributed by atoms with Crippen molar-refractivity contribution in [3.63, 3.8) is 0 Å². The fraction of sp³-hybridized carbons (Fsp3) is 0.238. The van der Waals surface area contributed by atoms with Crippen LogP contribution < -0.4 is 25.4 Å². The van der Waals surface area contributed by atoms with Crippen LogP contribution in [0, 0.1) is 6.92 Å². The van der Waals surface area contributed by atoms with Crippen LogP contribution in [-0.4, -0.2) is 26.2 Å². The SMILES string of the molecule is COc1ccc([C@H]2NC(=O)NC(C)=C2C(=O)Nc2ccc(C)cc2)cc1OC. The molecule has 1 aliphatic heterocycles. The van der Waals surface area contributed by atoms with Gasteiger partial charge in [0, 0.05) is 11.4 Å². The number of hydrogen-bond donors (Lipinski definition) is 3. The van der Waals surface area contributed by atoms with Crippen LogP contribution in [0.25, 0.3) is 0 Å². The summed E-state index contributed by atoms with van der Waals surface area (Å²) in [6.07, 6.45) is 0. The second-order valence-corrected chi connectivity index (χ2v) is 6.50. The Morgan fingerprint density at radius 3 is 2.32 bits per heavy atom. The lowest BCUT2D eigenvalue weighted by Crippen LogP contribution is -2.45. The molecule has 0 aromatic heterocycles. The zero-order valence-corrected chi connectivity index (χ0v) is 16.3. The molecular weight excluding hydrogens is 358 g/mol. The van der Waals surface area contributed by atoms with Crippen molar-refractivity contribution in [3.8, 4) is 11.5 Å². The summed E-state index contributed by atoms with van der Waals surface area (Å²) in [5, 5.41) is 8.37. The number of amides is 3. The fourth-order valence-corrected chi connectivity index (χ4v) is 3.11. The van der Waals surface area contributed by atoms with E-state index in [0.717, 1.165) is 5.56 Å². The Hall–Kier alpha value is -3.48. The Kier molecular flexibility index (Phi) is 5.54. The van der Waals surface area contributed by atoms with Crippen LogP contribution in [0.3, 0.4) is 0 Å².